The van der Waals surface area contributed by atoms with Crippen LogP contribution in [0.5, 0.6) is 0 Å². The molecule has 1 aromatic rings. The first-order valence-electron chi connectivity index (χ1n) is 6.53. The van der Waals surface area contributed by atoms with E-state index in [1.807, 2.05) is 24.3 Å². The Morgan fingerprint density at radius 2 is 2.00 bits per heavy atom. The molecule has 1 saturated carbocycles. The van der Waals surface area contributed by atoms with Crippen molar-refractivity contribution >= 4 is 11.6 Å². The summed E-state index contributed by atoms with van der Waals surface area (Å²) in [5, 5.41) is 4.29. The summed E-state index contributed by atoms with van der Waals surface area (Å²) in [5.74, 6) is 0. The number of hydrogen-bond acceptors (Lipinski definition) is 3. The van der Waals surface area contributed by atoms with E-state index in [-0.39, 0.29) is 12.2 Å². The predicted octanol–water partition coefficient (Wildman–Crippen LogP) is 2.55. The average molecular weight is 268 g/mol. The van der Waals surface area contributed by atoms with E-state index in [2.05, 4.69) is 5.32 Å². The van der Waals surface area contributed by atoms with E-state index in [4.69, 9.17) is 21.1 Å². The fourth-order valence-corrected chi connectivity index (χ4v) is 2.13. The van der Waals surface area contributed by atoms with Gasteiger partial charge in [0.05, 0.1) is 19.3 Å². The summed E-state index contributed by atoms with van der Waals surface area (Å²) in [6.45, 7) is 2.30. The molecular formula is C14H18ClNO2. The lowest BCUT2D eigenvalue weighted by Crippen LogP contribution is -2.39. The first-order valence-corrected chi connectivity index (χ1v) is 6.91. The van der Waals surface area contributed by atoms with Crippen molar-refractivity contribution in [3.63, 3.8) is 0 Å². The fraction of sp³-hybridized carbons (Fsp3) is 0.571. The van der Waals surface area contributed by atoms with Crippen LogP contribution in [0, 0.1) is 0 Å². The molecule has 2 fully saturated rings. The molecule has 18 heavy (non-hydrogen) atoms. The van der Waals surface area contributed by atoms with Crippen LogP contribution in [0.4, 0.5) is 0 Å². The zero-order valence-corrected chi connectivity index (χ0v) is 11.0. The summed E-state index contributed by atoms with van der Waals surface area (Å²) in [4.78, 5) is 0. The largest absolute Gasteiger partial charge is 0.376 e. The van der Waals surface area contributed by atoms with Gasteiger partial charge < -0.3 is 14.8 Å². The van der Waals surface area contributed by atoms with Crippen LogP contribution in [0.3, 0.4) is 0 Å². The number of ether oxygens (including phenoxy) is 2. The van der Waals surface area contributed by atoms with Crippen LogP contribution in [0.15, 0.2) is 24.3 Å². The molecule has 0 bridgehead atoms. The number of nitrogens with one attached hydrogen (secondary N) is 1. The zero-order valence-electron chi connectivity index (χ0n) is 10.3. The molecule has 1 atom stereocenters. The van der Waals surface area contributed by atoms with Gasteiger partial charge in [-0.05, 0) is 30.5 Å². The van der Waals surface area contributed by atoms with Gasteiger partial charge in [0, 0.05) is 17.6 Å². The molecular weight excluding hydrogens is 250 g/mol. The van der Waals surface area contributed by atoms with E-state index in [0.717, 1.165) is 11.6 Å². The number of benzene rings is 1. The summed E-state index contributed by atoms with van der Waals surface area (Å²) in [6, 6.07) is 8.62. The Hall–Kier alpha value is -0.610. The SMILES string of the molecule is Clc1ccc(C(CNC2CC2)OC2COC2)cc1. The van der Waals surface area contributed by atoms with E-state index in [1.54, 1.807) is 0 Å². The molecule has 0 spiro atoms. The maximum absolute atomic E-state index is 6.06. The first-order chi connectivity index (χ1) is 8.81. The Morgan fingerprint density at radius 3 is 2.56 bits per heavy atom. The second-order valence-electron chi connectivity index (χ2n) is 5.02. The van der Waals surface area contributed by atoms with Crippen LogP contribution in [-0.4, -0.2) is 31.9 Å². The highest BCUT2D eigenvalue weighted by atomic mass is 35.5. The van der Waals surface area contributed by atoms with Gasteiger partial charge in [-0.1, -0.05) is 23.7 Å². The third-order valence-electron chi connectivity index (χ3n) is 3.38. The van der Waals surface area contributed by atoms with Crippen LogP contribution in [0.1, 0.15) is 24.5 Å². The third kappa shape index (κ3) is 3.23. The van der Waals surface area contributed by atoms with Gasteiger partial charge in [-0.3, -0.25) is 0 Å². The Balaban J connectivity index is 1.63. The quantitative estimate of drug-likeness (QED) is 0.859. The van der Waals surface area contributed by atoms with Gasteiger partial charge in [-0.15, -0.1) is 0 Å². The maximum atomic E-state index is 6.06. The lowest BCUT2D eigenvalue weighted by molar-refractivity contribution is -0.155. The molecule has 3 rings (SSSR count). The highest BCUT2D eigenvalue weighted by molar-refractivity contribution is 6.30. The van der Waals surface area contributed by atoms with E-state index < -0.39 is 0 Å². The van der Waals surface area contributed by atoms with Crippen molar-refractivity contribution in [2.75, 3.05) is 19.8 Å². The van der Waals surface area contributed by atoms with Gasteiger partial charge in [0.15, 0.2) is 0 Å². The summed E-state index contributed by atoms with van der Waals surface area (Å²) in [7, 11) is 0. The van der Waals surface area contributed by atoms with Crippen molar-refractivity contribution in [2.24, 2.45) is 0 Å². The molecule has 98 valence electrons. The van der Waals surface area contributed by atoms with E-state index in [1.165, 1.54) is 18.4 Å². The van der Waals surface area contributed by atoms with Crippen molar-refractivity contribution in [1.29, 1.82) is 0 Å². The molecule has 4 heteroatoms. The molecule has 1 aromatic carbocycles. The summed E-state index contributed by atoms with van der Waals surface area (Å²) < 4.78 is 11.2. The van der Waals surface area contributed by atoms with Gasteiger partial charge in [-0.25, -0.2) is 0 Å². The van der Waals surface area contributed by atoms with Crippen molar-refractivity contribution in [1.82, 2.24) is 5.32 Å². The second kappa shape index (κ2) is 5.57. The Morgan fingerprint density at radius 1 is 1.28 bits per heavy atom. The topological polar surface area (TPSA) is 30.5 Å². The Labute approximate surface area is 112 Å². The summed E-state index contributed by atoms with van der Waals surface area (Å²) in [5.41, 5.74) is 1.18. The summed E-state index contributed by atoms with van der Waals surface area (Å²) in [6.07, 6.45) is 2.92. The average Bonchev–Trinajstić information content (AvgIpc) is 3.12. The van der Waals surface area contributed by atoms with Crippen molar-refractivity contribution in [3.8, 4) is 0 Å². The van der Waals surface area contributed by atoms with Gasteiger partial charge in [-0.2, -0.15) is 0 Å². The molecule has 1 unspecified atom stereocenters. The minimum Gasteiger partial charge on any atom is -0.376 e. The standard InChI is InChI=1S/C14H18ClNO2/c15-11-3-1-10(2-4-11)14(7-16-12-5-6-12)18-13-8-17-9-13/h1-4,12-14,16H,5-9H2. The minimum absolute atomic E-state index is 0.0942. The van der Waals surface area contributed by atoms with Crippen molar-refractivity contribution in [3.05, 3.63) is 34.9 Å². The van der Waals surface area contributed by atoms with Crippen molar-refractivity contribution < 1.29 is 9.47 Å². The number of hydrogen-bond donors (Lipinski definition) is 1. The molecule has 0 radical (unpaired) electrons. The summed E-state index contributed by atoms with van der Waals surface area (Å²) >= 11 is 5.92. The highest BCUT2D eigenvalue weighted by Crippen LogP contribution is 2.25. The van der Waals surface area contributed by atoms with Gasteiger partial charge in [0.1, 0.15) is 6.10 Å². The van der Waals surface area contributed by atoms with E-state index in [0.29, 0.717) is 19.3 Å². The van der Waals surface area contributed by atoms with Crippen LogP contribution in [-0.2, 0) is 9.47 Å². The lowest BCUT2D eigenvalue weighted by atomic mass is 10.1. The van der Waals surface area contributed by atoms with Crippen molar-refractivity contribution in [2.45, 2.75) is 31.1 Å². The molecule has 1 saturated heterocycles. The lowest BCUT2D eigenvalue weighted by Gasteiger charge is -2.31. The predicted molar refractivity (Wildman–Crippen MR) is 70.9 cm³/mol. The maximum Gasteiger partial charge on any atom is 0.105 e. The highest BCUT2D eigenvalue weighted by Gasteiger charge is 2.27. The fourth-order valence-electron chi connectivity index (χ4n) is 2.01. The molecule has 0 amide bonds. The molecule has 3 nitrogen and oxygen atoms in total. The van der Waals surface area contributed by atoms with Gasteiger partial charge in [0.25, 0.3) is 0 Å². The molecule has 1 heterocycles. The second-order valence-corrected chi connectivity index (χ2v) is 5.45. The molecule has 0 aromatic heterocycles. The van der Waals surface area contributed by atoms with E-state index in [9.17, 15) is 0 Å². The Kier molecular flexibility index (Phi) is 3.85. The minimum atomic E-state index is 0.0942. The normalized spacial score (nSPS) is 21.6. The zero-order chi connectivity index (χ0) is 12.4. The monoisotopic (exact) mass is 267 g/mol. The first kappa shape index (κ1) is 12.4. The molecule has 1 aliphatic heterocycles. The van der Waals surface area contributed by atoms with Crippen LogP contribution in [0.2, 0.25) is 5.02 Å². The number of rotatable bonds is 6. The number of halogens is 1. The Bertz CT molecular complexity index is 387. The molecule has 1 aliphatic carbocycles. The van der Waals surface area contributed by atoms with Crippen LogP contribution in [0.25, 0.3) is 0 Å². The molecule has 2 aliphatic rings. The van der Waals surface area contributed by atoms with E-state index >= 15 is 0 Å². The van der Waals surface area contributed by atoms with Gasteiger partial charge >= 0.3 is 0 Å². The molecule has 1 N–H and O–H groups in total. The van der Waals surface area contributed by atoms with Crippen LogP contribution >= 0.6 is 11.6 Å². The smallest absolute Gasteiger partial charge is 0.105 e. The third-order valence-corrected chi connectivity index (χ3v) is 3.63. The van der Waals surface area contributed by atoms with Gasteiger partial charge in [0.2, 0.25) is 0 Å². The van der Waals surface area contributed by atoms with Crippen LogP contribution < -0.4 is 5.32 Å².